The van der Waals surface area contributed by atoms with E-state index in [2.05, 4.69) is 17.4 Å². The summed E-state index contributed by atoms with van der Waals surface area (Å²) in [7, 11) is 0. The van der Waals surface area contributed by atoms with Crippen molar-refractivity contribution in [2.24, 2.45) is 5.92 Å². The molecule has 1 heterocycles. The number of rotatable bonds is 7. The highest BCUT2D eigenvalue weighted by molar-refractivity contribution is 7.98. The maximum absolute atomic E-state index is 12.5. The van der Waals surface area contributed by atoms with Crippen LogP contribution in [0.25, 0.3) is 0 Å². The van der Waals surface area contributed by atoms with Gasteiger partial charge in [-0.2, -0.15) is 0 Å². The molecule has 1 aliphatic carbocycles. The monoisotopic (exact) mass is 402 g/mol. The van der Waals surface area contributed by atoms with Gasteiger partial charge in [-0.3, -0.25) is 4.79 Å². The van der Waals surface area contributed by atoms with Gasteiger partial charge in [-0.15, -0.1) is 11.8 Å². The maximum atomic E-state index is 12.5. The fraction of sp³-hybridized carbons (Fsp3) is 0.476. The molecular weight excluding hydrogens is 376 g/mol. The molecule has 0 radical (unpaired) electrons. The van der Waals surface area contributed by atoms with Crippen molar-refractivity contribution in [1.29, 1.82) is 0 Å². The van der Waals surface area contributed by atoms with E-state index in [1.54, 1.807) is 12.1 Å². The number of aryl methyl sites for hydroxylation is 1. The molecular formula is C21H26N2O4S. The molecule has 0 saturated heterocycles. The minimum Gasteiger partial charge on any atom is -0.452 e. The largest absolute Gasteiger partial charge is 0.452 e. The van der Waals surface area contributed by atoms with E-state index in [0.717, 1.165) is 35.6 Å². The van der Waals surface area contributed by atoms with Gasteiger partial charge in [0, 0.05) is 22.8 Å². The third kappa shape index (κ3) is 5.61. The van der Waals surface area contributed by atoms with E-state index in [1.165, 1.54) is 18.2 Å². The Kier molecular flexibility index (Phi) is 7.14. The summed E-state index contributed by atoms with van der Waals surface area (Å²) < 4.78 is 10.3. The first kappa shape index (κ1) is 20.5. The van der Waals surface area contributed by atoms with Gasteiger partial charge in [0.2, 0.25) is 0 Å². The number of aromatic nitrogens is 1. The Morgan fingerprint density at radius 1 is 1.29 bits per heavy atom. The van der Waals surface area contributed by atoms with Crippen LogP contribution in [0, 0.1) is 12.8 Å². The number of ether oxygens (including phenoxy) is 1. The third-order valence-corrected chi connectivity index (χ3v) is 6.06. The van der Waals surface area contributed by atoms with Crippen molar-refractivity contribution in [1.82, 2.24) is 10.5 Å². The van der Waals surface area contributed by atoms with Crippen LogP contribution in [0.1, 0.15) is 54.4 Å². The molecule has 150 valence electrons. The first-order chi connectivity index (χ1) is 13.5. The summed E-state index contributed by atoms with van der Waals surface area (Å²) in [6.07, 6.45) is 4.46. The van der Waals surface area contributed by atoms with Crippen molar-refractivity contribution in [2.45, 2.75) is 56.2 Å². The number of esters is 1. The molecule has 2 atom stereocenters. The number of nitrogens with zero attached hydrogens (tertiary/aromatic N) is 1. The summed E-state index contributed by atoms with van der Waals surface area (Å²) in [5, 5.41) is 6.96. The van der Waals surface area contributed by atoms with Crippen molar-refractivity contribution in [3.05, 3.63) is 47.3 Å². The van der Waals surface area contributed by atoms with Crippen LogP contribution in [-0.4, -0.2) is 29.7 Å². The van der Waals surface area contributed by atoms with Crippen molar-refractivity contribution in [3.63, 3.8) is 0 Å². The SMILES string of the molecule is Cc1cc(CSc2ccccc2C(=O)OCC(=O)N[C@H]2CCCC[C@H]2C)no1. The lowest BCUT2D eigenvalue weighted by molar-refractivity contribution is -0.125. The zero-order chi connectivity index (χ0) is 19.9. The molecule has 7 heteroatoms. The quantitative estimate of drug-likeness (QED) is 0.554. The third-order valence-electron chi connectivity index (χ3n) is 4.95. The Bertz CT molecular complexity index is 820. The van der Waals surface area contributed by atoms with Crippen LogP contribution in [-0.2, 0) is 15.3 Å². The molecule has 1 fully saturated rings. The molecule has 2 aromatic rings. The average molecular weight is 403 g/mol. The molecule has 6 nitrogen and oxygen atoms in total. The van der Waals surface area contributed by atoms with Gasteiger partial charge in [-0.25, -0.2) is 4.79 Å². The van der Waals surface area contributed by atoms with Gasteiger partial charge in [0.25, 0.3) is 5.91 Å². The Balaban J connectivity index is 1.53. The standard InChI is InChI=1S/C21H26N2O4S/c1-14-7-3-5-9-18(14)22-20(24)12-26-21(25)17-8-4-6-10-19(17)28-13-16-11-15(2)27-23-16/h4,6,8,10-11,14,18H,3,5,7,9,12-13H2,1-2H3,(H,22,24)/t14-,18+/m1/s1. The summed E-state index contributed by atoms with van der Waals surface area (Å²) in [5.41, 5.74) is 1.26. The highest BCUT2D eigenvalue weighted by Gasteiger charge is 2.23. The predicted molar refractivity (Wildman–Crippen MR) is 107 cm³/mol. The predicted octanol–water partition coefficient (Wildman–Crippen LogP) is 4.13. The van der Waals surface area contributed by atoms with Crippen LogP contribution in [0.5, 0.6) is 0 Å². The Morgan fingerprint density at radius 2 is 2.07 bits per heavy atom. The van der Waals surface area contributed by atoms with Gasteiger partial charge < -0.3 is 14.6 Å². The number of hydrogen-bond donors (Lipinski definition) is 1. The number of amides is 1. The molecule has 1 saturated carbocycles. The smallest absolute Gasteiger partial charge is 0.339 e. The minimum atomic E-state index is -0.494. The van der Waals surface area contributed by atoms with Crippen LogP contribution in [0.2, 0.25) is 0 Å². The maximum Gasteiger partial charge on any atom is 0.339 e. The molecule has 1 amide bonds. The lowest BCUT2D eigenvalue weighted by atomic mass is 9.86. The number of benzene rings is 1. The van der Waals surface area contributed by atoms with Crippen molar-refractivity contribution < 1.29 is 18.8 Å². The number of carbonyl (C=O) groups excluding carboxylic acids is 2. The Labute approximate surface area is 169 Å². The van der Waals surface area contributed by atoms with Gasteiger partial charge in [0.15, 0.2) is 6.61 Å². The second-order valence-corrected chi connectivity index (χ2v) is 8.24. The van der Waals surface area contributed by atoms with Gasteiger partial charge in [-0.05, 0) is 37.8 Å². The first-order valence-corrected chi connectivity index (χ1v) is 10.6. The van der Waals surface area contributed by atoms with E-state index in [-0.39, 0.29) is 18.6 Å². The van der Waals surface area contributed by atoms with Crippen molar-refractivity contribution in [2.75, 3.05) is 6.61 Å². The number of nitrogens with one attached hydrogen (secondary N) is 1. The van der Waals surface area contributed by atoms with Crippen LogP contribution in [0.3, 0.4) is 0 Å². The second-order valence-electron chi connectivity index (χ2n) is 7.23. The second kappa shape index (κ2) is 9.78. The molecule has 28 heavy (non-hydrogen) atoms. The summed E-state index contributed by atoms with van der Waals surface area (Å²) in [6.45, 7) is 3.73. The van der Waals surface area contributed by atoms with E-state index >= 15 is 0 Å². The summed E-state index contributed by atoms with van der Waals surface area (Å²) in [5.74, 6) is 1.07. The fourth-order valence-electron chi connectivity index (χ4n) is 3.39. The molecule has 3 rings (SSSR count). The van der Waals surface area contributed by atoms with Gasteiger partial charge >= 0.3 is 5.97 Å². The van der Waals surface area contributed by atoms with Crippen LogP contribution < -0.4 is 5.32 Å². The van der Waals surface area contributed by atoms with Crippen LogP contribution in [0.4, 0.5) is 0 Å². The van der Waals surface area contributed by atoms with E-state index in [0.29, 0.717) is 17.2 Å². The molecule has 0 spiro atoms. The lowest BCUT2D eigenvalue weighted by Crippen LogP contribution is -2.42. The number of hydrogen-bond acceptors (Lipinski definition) is 6. The van der Waals surface area contributed by atoms with Crippen molar-refractivity contribution in [3.8, 4) is 0 Å². The van der Waals surface area contributed by atoms with Crippen LogP contribution in [0.15, 0.2) is 39.8 Å². The van der Waals surface area contributed by atoms with Gasteiger partial charge in [0.1, 0.15) is 5.76 Å². The summed E-state index contributed by atoms with van der Waals surface area (Å²) >= 11 is 1.48. The van der Waals surface area contributed by atoms with Gasteiger partial charge in [0.05, 0.1) is 11.3 Å². The topological polar surface area (TPSA) is 81.4 Å². The molecule has 0 aliphatic heterocycles. The van der Waals surface area contributed by atoms with Crippen molar-refractivity contribution >= 4 is 23.6 Å². The molecule has 1 aliphatic rings. The Morgan fingerprint density at radius 3 is 2.82 bits per heavy atom. The molecule has 0 bridgehead atoms. The fourth-order valence-corrected chi connectivity index (χ4v) is 4.31. The lowest BCUT2D eigenvalue weighted by Gasteiger charge is -2.29. The normalized spacial score (nSPS) is 19.2. The minimum absolute atomic E-state index is 0.175. The highest BCUT2D eigenvalue weighted by Crippen LogP contribution is 2.27. The first-order valence-electron chi connectivity index (χ1n) is 9.63. The molecule has 1 aromatic carbocycles. The zero-order valence-electron chi connectivity index (χ0n) is 16.3. The highest BCUT2D eigenvalue weighted by atomic mass is 32.2. The summed E-state index contributed by atoms with van der Waals surface area (Å²) in [4.78, 5) is 25.5. The molecule has 0 unspecified atom stereocenters. The van der Waals surface area contributed by atoms with E-state index in [9.17, 15) is 9.59 Å². The zero-order valence-corrected chi connectivity index (χ0v) is 17.1. The van der Waals surface area contributed by atoms with Crippen LogP contribution >= 0.6 is 11.8 Å². The van der Waals surface area contributed by atoms with E-state index < -0.39 is 5.97 Å². The van der Waals surface area contributed by atoms with E-state index in [4.69, 9.17) is 9.26 Å². The number of thioether (sulfide) groups is 1. The van der Waals surface area contributed by atoms with Gasteiger partial charge in [-0.1, -0.05) is 37.1 Å². The molecule has 1 aromatic heterocycles. The Hall–Kier alpha value is -2.28. The average Bonchev–Trinajstić information content (AvgIpc) is 3.12. The van der Waals surface area contributed by atoms with E-state index in [1.807, 2.05) is 25.1 Å². The number of carbonyl (C=O) groups is 2. The molecule has 1 N–H and O–H groups in total. The summed E-state index contributed by atoms with van der Waals surface area (Å²) in [6, 6.07) is 9.26.